The molecule has 0 saturated carbocycles. The third-order valence-electron chi connectivity index (χ3n) is 4.44. The molecular weight excluding hydrogens is 328 g/mol. The van der Waals surface area contributed by atoms with Crippen molar-refractivity contribution < 1.29 is 4.79 Å². The van der Waals surface area contributed by atoms with Gasteiger partial charge in [0.25, 0.3) is 0 Å². The summed E-state index contributed by atoms with van der Waals surface area (Å²) in [6.07, 6.45) is 1.96. The van der Waals surface area contributed by atoms with Gasteiger partial charge in [0.15, 0.2) is 5.78 Å². The molecule has 0 saturated heterocycles. The van der Waals surface area contributed by atoms with Gasteiger partial charge >= 0.3 is 0 Å². The van der Waals surface area contributed by atoms with Crippen molar-refractivity contribution in [2.24, 2.45) is 0 Å². The Kier molecular flexibility index (Phi) is 3.90. The highest BCUT2D eigenvalue weighted by Crippen LogP contribution is 2.33. The van der Waals surface area contributed by atoms with Gasteiger partial charge in [0.05, 0.1) is 0 Å². The zero-order valence-electron chi connectivity index (χ0n) is 14.1. The minimum atomic E-state index is 0.0900. The number of aromatic amines is 1. The van der Waals surface area contributed by atoms with E-state index in [2.05, 4.69) is 46.9 Å². The summed E-state index contributed by atoms with van der Waals surface area (Å²) in [6.45, 7) is 3.72. The minimum absolute atomic E-state index is 0.0900. The standard InChI is InChI=1S/C21H18N2OS/c1-13-18-8-9-22-20(18)7-6-19(13)23-17-11-21(25-12-17)16-5-3-4-15(10-16)14(2)24/h3-12,22-23H,1-2H3. The number of hydrogen-bond acceptors (Lipinski definition) is 3. The van der Waals surface area contributed by atoms with Crippen molar-refractivity contribution in [2.45, 2.75) is 13.8 Å². The Morgan fingerprint density at radius 3 is 2.84 bits per heavy atom. The van der Waals surface area contributed by atoms with E-state index in [1.165, 1.54) is 10.9 Å². The fourth-order valence-corrected chi connectivity index (χ4v) is 3.86. The second-order valence-electron chi connectivity index (χ2n) is 6.14. The topological polar surface area (TPSA) is 44.9 Å². The molecule has 0 atom stereocenters. The molecule has 0 unspecified atom stereocenters. The van der Waals surface area contributed by atoms with Crippen LogP contribution in [0.2, 0.25) is 0 Å². The first kappa shape index (κ1) is 15.7. The molecule has 0 fully saturated rings. The highest BCUT2D eigenvalue weighted by Gasteiger charge is 2.08. The number of carbonyl (C=O) groups is 1. The Bertz CT molecular complexity index is 1070. The van der Waals surface area contributed by atoms with Crippen LogP contribution in [-0.4, -0.2) is 10.8 Å². The Balaban J connectivity index is 1.64. The lowest BCUT2D eigenvalue weighted by atomic mass is 10.1. The molecule has 2 N–H and O–H groups in total. The largest absolute Gasteiger partial charge is 0.361 e. The molecule has 2 aromatic carbocycles. The highest BCUT2D eigenvalue weighted by molar-refractivity contribution is 7.14. The molecule has 0 bridgehead atoms. The maximum atomic E-state index is 11.6. The van der Waals surface area contributed by atoms with Crippen molar-refractivity contribution in [3.63, 3.8) is 0 Å². The Labute approximate surface area is 150 Å². The molecule has 0 amide bonds. The number of ketones is 1. The molecule has 0 aliphatic carbocycles. The SMILES string of the molecule is CC(=O)c1cccc(-c2cc(Nc3ccc4[nH]ccc4c3C)cs2)c1. The number of carbonyl (C=O) groups excluding carboxylic acids is 1. The summed E-state index contributed by atoms with van der Waals surface area (Å²) in [6, 6.07) is 16.2. The number of aryl methyl sites for hydroxylation is 1. The summed E-state index contributed by atoms with van der Waals surface area (Å²) in [5.41, 5.74) is 6.36. The Morgan fingerprint density at radius 2 is 2.00 bits per heavy atom. The predicted molar refractivity (Wildman–Crippen MR) is 106 cm³/mol. The van der Waals surface area contributed by atoms with Crippen LogP contribution >= 0.6 is 11.3 Å². The van der Waals surface area contributed by atoms with E-state index in [4.69, 9.17) is 0 Å². The van der Waals surface area contributed by atoms with Gasteiger partial charge in [0.1, 0.15) is 0 Å². The van der Waals surface area contributed by atoms with Crippen LogP contribution in [0, 0.1) is 6.92 Å². The smallest absolute Gasteiger partial charge is 0.159 e. The average Bonchev–Trinajstić information content (AvgIpc) is 3.27. The van der Waals surface area contributed by atoms with Gasteiger partial charge in [-0.25, -0.2) is 0 Å². The first-order valence-electron chi connectivity index (χ1n) is 8.15. The molecule has 25 heavy (non-hydrogen) atoms. The van der Waals surface area contributed by atoms with E-state index in [0.717, 1.165) is 32.9 Å². The average molecular weight is 346 g/mol. The molecule has 4 aromatic rings. The fourth-order valence-electron chi connectivity index (χ4n) is 3.02. The van der Waals surface area contributed by atoms with Crippen LogP contribution in [0.4, 0.5) is 11.4 Å². The maximum absolute atomic E-state index is 11.6. The summed E-state index contributed by atoms with van der Waals surface area (Å²) >= 11 is 1.67. The van der Waals surface area contributed by atoms with E-state index in [1.54, 1.807) is 18.3 Å². The molecular formula is C21H18N2OS. The first-order chi connectivity index (χ1) is 12.1. The number of aromatic nitrogens is 1. The fraction of sp³-hybridized carbons (Fsp3) is 0.0952. The molecule has 4 heteroatoms. The second kappa shape index (κ2) is 6.22. The van der Waals surface area contributed by atoms with Gasteiger partial charge in [-0.1, -0.05) is 18.2 Å². The maximum Gasteiger partial charge on any atom is 0.159 e. The molecule has 124 valence electrons. The molecule has 4 rings (SSSR count). The van der Waals surface area contributed by atoms with Gasteiger partial charge < -0.3 is 10.3 Å². The van der Waals surface area contributed by atoms with Gasteiger partial charge in [-0.15, -0.1) is 11.3 Å². The van der Waals surface area contributed by atoms with Crippen LogP contribution in [0.5, 0.6) is 0 Å². The summed E-state index contributed by atoms with van der Waals surface area (Å²) in [4.78, 5) is 16.0. The Morgan fingerprint density at radius 1 is 1.12 bits per heavy atom. The van der Waals surface area contributed by atoms with Crippen LogP contribution < -0.4 is 5.32 Å². The number of Topliss-reactive ketones (excluding diaryl/α,β-unsaturated/α-hetero) is 1. The molecule has 0 aliphatic rings. The van der Waals surface area contributed by atoms with Gasteiger partial charge in [-0.3, -0.25) is 4.79 Å². The molecule has 0 aliphatic heterocycles. The van der Waals surface area contributed by atoms with Crippen LogP contribution in [0.25, 0.3) is 21.3 Å². The van der Waals surface area contributed by atoms with Gasteiger partial charge in [-0.2, -0.15) is 0 Å². The number of anilines is 2. The van der Waals surface area contributed by atoms with E-state index in [0.29, 0.717) is 0 Å². The monoisotopic (exact) mass is 346 g/mol. The van der Waals surface area contributed by atoms with Gasteiger partial charge in [0.2, 0.25) is 0 Å². The summed E-state index contributed by atoms with van der Waals surface area (Å²) in [7, 11) is 0. The van der Waals surface area contributed by atoms with Crippen molar-refractivity contribution in [3.05, 3.63) is 71.2 Å². The highest BCUT2D eigenvalue weighted by atomic mass is 32.1. The molecule has 3 nitrogen and oxygen atoms in total. The van der Waals surface area contributed by atoms with Gasteiger partial charge in [-0.05, 0) is 55.3 Å². The number of nitrogens with one attached hydrogen (secondary N) is 2. The third-order valence-corrected chi connectivity index (χ3v) is 5.42. The number of benzene rings is 2. The summed E-state index contributed by atoms with van der Waals surface area (Å²) in [5.74, 6) is 0.0900. The van der Waals surface area contributed by atoms with Crippen molar-refractivity contribution in [1.29, 1.82) is 0 Å². The minimum Gasteiger partial charge on any atom is -0.361 e. The van der Waals surface area contributed by atoms with Crippen molar-refractivity contribution in [3.8, 4) is 10.4 Å². The lowest BCUT2D eigenvalue weighted by Crippen LogP contribution is -1.92. The third kappa shape index (κ3) is 2.96. The lowest BCUT2D eigenvalue weighted by molar-refractivity contribution is 0.101. The van der Waals surface area contributed by atoms with E-state index in [9.17, 15) is 4.79 Å². The molecule has 2 aromatic heterocycles. The second-order valence-corrected chi connectivity index (χ2v) is 7.05. The molecule has 0 spiro atoms. The van der Waals surface area contributed by atoms with Crippen molar-refractivity contribution >= 4 is 39.4 Å². The molecule has 2 heterocycles. The van der Waals surface area contributed by atoms with E-state index < -0.39 is 0 Å². The number of H-pyrrole nitrogens is 1. The van der Waals surface area contributed by atoms with Crippen LogP contribution in [0.15, 0.2) is 60.1 Å². The number of hydrogen-bond donors (Lipinski definition) is 2. The van der Waals surface area contributed by atoms with Gasteiger partial charge in [0, 0.05) is 44.3 Å². The number of fused-ring (bicyclic) bond motifs is 1. The quantitative estimate of drug-likeness (QED) is 0.435. The predicted octanol–water partition coefficient (Wildman–Crippen LogP) is 6.15. The summed E-state index contributed by atoms with van der Waals surface area (Å²) < 4.78 is 0. The summed E-state index contributed by atoms with van der Waals surface area (Å²) in [5, 5.41) is 6.85. The number of thiophene rings is 1. The van der Waals surface area contributed by atoms with Crippen molar-refractivity contribution in [2.75, 3.05) is 5.32 Å². The Hall–Kier alpha value is -2.85. The van der Waals surface area contributed by atoms with Crippen LogP contribution in [-0.2, 0) is 0 Å². The van der Waals surface area contributed by atoms with Crippen LogP contribution in [0.3, 0.4) is 0 Å². The zero-order valence-corrected chi connectivity index (χ0v) is 14.9. The first-order valence-corrected chi connectivity index (χ1v) is 9.03. The van der Waals surface area contributed by atoms with Crippen molar-refractivity contribution in [1.82, 2.24) is 4.98 Å². The van der Waals surface area contributed by atoms with E-state index in [1.807, 2.05) is 30.5 Å². The molecule has 0 radical (unpaired) electrons. The van der Waals surface area contributed by atoms with Crippen LogP contribution in [0.1, 0.15) is 22.8 Å². The lowest BCUT2D eigenvalue weighted by Gasteiger charge is -2.09. The number of rotatable bonds is 4. The normalized spacial score (nSPS) is 11.0. The van der Waals surface area contributed by atoms with E-state index >= 15 is 0 Å². The zero-order chi connectivity index (χ0) is 17.4. The van der Waals surface area contributed by atoms with E-state index in [-0.39, 0.29) is 5.78 Å².